The number of aryl methyl sites for hydroxylation is 1. The van der Waals surface area contributed by atoms with E-state index in [2.05, 4.69) is 14.6 Å². The molecule has 0 amide bonds. The van der Waals surface area contributed by atoms with Gasteiger partial charge in [-0.2, -0.15) is 0 Å². The van der Waals surface area contributed by atoms with Crippen molar-refractivity contribution in [1.29, 1.82) is 0 Å². The first-order valence-electron chi connectivity index (χ1n) is 4.11. The molecule has 1 atom stereocenters. The lowest BCUT2D eigenvalue weighted by atomic mass is 10.2. The topological polar surface area (TPSA) is 58.9 Å². The fourth-order valence-corrected chi connectivity index (χ4v) is 2.43. The second-order valence-electron chi connectivity index (χ2n) is 2.91. The monoisotopic (exact) mass is 227 g/mol. The molecule has 4 nitrogen and oxygen atoms in total. The van der Waals surface area contributed by atoms with Crippen LogP contribution in [0.25, 0.3) is 0 Å². The van der Waals surface area contributed by atoms with E-state index in [0.717, 1.165) is 15.4 Å². The first-order chi connectivity index (χ1) is 6.77. The normalized spacial score (nSPS) is 13.0. The molecule has 0 aromatic carbocycles. The van der Waals surface area contributed by atoms with Crippen molar-refractivity contribution >= 4 is 22.9 Å². The average molecular weight is 227 g/mol. The molecule has 1 unspecified atom stereocenters. The molecular formula is C8H9N3OS2. The van der Waals surface area contributed by atoms with Gasteiger partial charge in [0.15, 0.2) is 0 Å². The first-order valence-corrected chi connectivity index (χ1v) is 5.77. The Balaban J connectivity index is 2.10. The van der Waals surface area contributed by atoms with E-state index < -0.39 is 6.10 Å². The highest BCUT2D eigenvalue weighted by molar-refractivity contribution is 7.09. The van der Waals surface area contributed by atoms with E-state index in [-0.39, 0.29) is 0 Å². The predicted octanol–water partition coefficient (Wildman–Crippen LogP) is 1.58. The molecule has 0 radical (unpaired) electrons. The molecule has 0 spiro atoms. The summed E-state index contributed by atoms with van der Waals surface area (Å²) >= 11 is 2.80. The van der Waals surface area contributed by atoms with Crippen LogP contribution in [-0.2, 0) is 6.42 Å². The van der Waals surface area contributed by atoms with Crippen LogP contribution in [-0.4, -0.2) is 19.7 Å². The van der Waals surface area contributed by atoms with Crippen molar-refractivity contribution in [2.45, 2.75) is 19.4 Å². The van der Waals surface area contributed by atoms with Gasteiger partial charge in [-0.1, -0.05) is 4.49 Å². The molecule has 0 fully saturated rings. The van der Waals surface area contributed by atoms with Gasteiger partial charge in [0, 0.05) is 17.5 Å². The molecule has 1 N–H and O–H groups in total. The van der Waals surface area contributed by atoms with Crippen LogP contribution in [0.15, 0.2) is 11.7 Å². The van der Waals surface area contributed by atoms with Gasteiger partial charge in [-0.15, -0.1) is 16.4 Å². The molecule has 2 rings (SSSR count). The average Bonchev–Trinajstić information content (AvgIpc) is 2.75. The van der Waals surface area contributed by atoms with Gasteiger partial charge in [-0.3, -0.25) is 4.98 Å². The van der Waals surface area contributed by atoms with Crippen LogP contribution in [0.2, 0.25) is 0 Å². The largest absolute Gasteiger partial charge is 0.387 e. The zero-order valence-corrected chi connectivity index (χ0v) is 9.18. The van der Waals surface area contributed by atoms with Gasteiger partial charge in [0.25, 0.3) is 0 Å². The number of aliphatic hydroxyl groups is 1. The molecule has 74 valence electrons. The summed E-state index contributed by atoms with van der Waals surface area (Å²) in [5, 5.41) is 13.7. The highest BCUT2D eigenvalue weighted by Gasteiger charge is 2.15. The van der Waals surface area contributed by atoms with Crippen molar-refractivity contribution in [2.75, 3.05) is 0 Å². The number of hydrogen-bond donors (Lipinski definition) is 1. The minimum Gasteiger partial charge on any atom is -0.387 e. The maximum absolute atomic E-state index is 9.87. The quantitative estimate of drug-likeness (QED) is 0.865. The van der Waals surface area contributed by atoms with Crippen LogP contribution in [0.4, 0.5) is 0 Å². The van der Waals surface area contributed by atoms with E-state index in [1.54, 1.807) is 23.0 Å². The maximum Gasteiger partial charge on any atom is 0.0965 e. The molecular weight excluding hydrogens is 218 g/mol. The molecule has 0 saturated heterocycles. The predicted molar refractivity (Wildman–Crippen MR) is 55.4 cm³/mol. The first kappa shape index (κ1) is 9.70. The van der Waals surface area contributed by atoms with E-state index in [4.69, 9.17) is 0 Å². The maximum atomic E-state index is 9.87. The van der Waals surface area contributed by atoms with Gasteiger partial charge in [-0.25, -0.2) is 0 Å². The Hall–Kier alpha value is -0.850. The molecule has 0 bridgehead atoms. The Morgan fingerprint density at radius 2 is 2.43 bits per heavy atom. The second kappa shape index (κ2) is 4.12. The summed E-state index contributed by atoms with van der Waals surface area (Å²) in [6.07, 6.45) is 1.86. The number of thiazole rings is 1. The van der Waals surface area contributed by atoms with Gasteiger partial charge in [0.1, 0.15) is 0 Å². The lowest BCUT2D eigenvalue weighted by molar-refractivity contribution is 0.182. The van der Waals surface area contributed by atoms with Crippen molar-refractivity contribution in [3.05, 3.63) is 27.2 Å². The summed E-state index contributed by atoms with van der Waals surface area (Å²) in [6, 6.07) is 0. The Kier molecular flexibility index (Phi) is 2.85. The summed E-state index contributed by atoms with van der Waals surface area (Å²) in [4.78, 5) is 5.88. The van der Waals surface area contributed by atoms with Crippen LogP contribution < -0.4 is 0 Å². The molecule has 0 aliphatic rings. The van der Waals surface area contributed by atoms with E-state index >= 15 is 0 Å². The summed E-state index contributed by atoms with van der Waals surface area (Å²) in [5.74, 6) is 0. The number of nitrogens with zero attached hydrogens (tertiary/aromatic N) is 3. The SMILES string of the molecule is Cc1nnsc1C(O)Cc1cncs1. The van der Waals surface area contributed by atoms with E-state index in [0.29, 0.717) is 6.42 Å². The zero-order valence-electron chi connectivity index (χ0n) is 7.54. The van der Waals surface area contributed by atoms with Gasteiger partial charge >= 0.3 is 0 Å². The van der Waals surface area contributed by atoms with Gasteiger partial charge in [0.2, 0.25) is 0 Å². The van der Waals surface area contributed by atoms with E-state index in [1.807, 2.05) is 6.92 Å². The molecule has 2 heterocycles. The number of hydrogen-bond acceptors (Lipinski definition) is 6. The summed E-state index contributed by atoms with van der Waals surface area (Å²) in [6.45, 7) is 1.86. The molecule has 2 aromatic rings. The standard InChI is InChI=1S/C8H9N3OS2/c1-5-8(14-11-10-5)7(12)2-6-3-9-4-13-6/h3-4,7,12H,2H2,1H3. The van der Waals surface area contributed by atoms with Crippen molar-refractivity contribution in [1.82, 2.24) is 14.6 Å². The molecule has 2 aromatic heterocycles. The third kappa shape index (κ3) is 1.97. The third-order valence-electron chi connectivity index (χ3n) is 1.87. The fourth-order valence-electron chi connectivity index (χ4n) is 1.17. The Bertz CT molecular complexity index is 398. The summed E-state index contributed by atoms with van der Waals surface area (Å²) in [7, 11) is 0. The minimum atomic E-state index is -0.504. The Morgan fingerprint density at radius 1 is 1.57 bits per heavy atom. The van der Waals surface area contributed by atoms with Crippen molar-refractivity contribution in [2.24, 2.45) is 0 Å². The van der Waals surface area contributed by atoms with Gasteiger partial charge in [0.05, 0.1) is 22.2 Å². The molecule has 0 aliphatic heterocycles. The van der Waals surface area contributed by atoms with Crippen LogP contribution in [0.1, 0.15) is 21.6 Å². The van der Waals surface area contributed by atoms with Crippen molar-refractivity contribution in [3.8, 4) is 0 Å². The minimum absolute atomic E-state index is 0.504. The molecule has 6 heteroatoms. The highest BCUT2D eigenvalue weighted by Crippen LogP contribution is 2.24. The number of aliphatic hydroxyl groups excluding tert-OH is 1. The van der Waals surface area contributed by atoms with Crippen LogP contribution in [0.5, 0.6) is 0 Å². The molecule has 14 heavy (non-hydrogen) atoms. The smallest absolute Gasteiger partial charge is 0.0965 e. The second-order valence-corrected chi connectivity index (χ2v) is 4.67. The fraction of sp³-hybridized carbons (Fsp3) is 0.375. The van der Waals surface area contributed by atoms with Crippen molar-refractivity contribution in [3.63, 3.8) is 0 Å². The number of rotatable bonds is 3. The lowest BCUT2D eigenvalue weighted by Crippen LogP contribution is -1.99. The van der Waals surface area contributed by atoms with E-state index in [9.17, 15) is 5.11 Å². The summed E-state index contributed by atoms with van der Waals surface area (Å²) in [5.41, 5.74) is 2.58. The van der Waals surface area contributed by atoms with Gasteiger partial charge < -0.3 is 5.11 Å². The van der Waals surface area contributed by atoms with Gasteiger partial charge in [-0.05, 0) is 18.5 Å². The lowest BCUT2D eigenvalue weighted by Gasteiger charge is -2.05. The Labute approximate surface area is 89.4 Å². The van der Waals surface area contributed by atoms with E-state index in [1.165, 1.54) is 11.5 Å². The molecule has 0 aliphatic carbocycles. The number of aromatic nitrogens is 3. The van der Waals surface area contributed by atoms with Crippen LogP contribution in [0, 0.1) is 6.92 Å². The summed E-state index contributed by atoms with van der Waals surface area (Å²) < 4.78 is 3.79. The van der Waals surface area contributed by atoms with Crippen LogP contribution in [0.3, 0.4) is 0 Å². The van der Waals surface area contributed by atoms with Crippen LogP contribution >= 0.6 is 22.9 Å². The molecule has 0 saturated carbocycles. The third-order valence-corrected chi connectivity index (χ3v) is 3.60. The van der Waals surface area contributed by atoms with Crippen molar-refractivity contribution < 1.29 is 5.11 Å². The highest BCUT2D eigenvalue weighted by atomic mass is 32.1. The Morgan fingerprint density at radius 3 is 3.00 bits per heavy atom. The zero-order chi connectivity index (χ0) is 9.97.